The Kier molecular flexibility index (Phi) is 4.57. The Morgan fingerprint density at radius 2 is 2.00 bits per heavy atom. The summed E-state index contributed by atoms with van der Waals surface area (Å²) in [5, 5.41) is 8.98. The summed E-state index contributed by atoms with van der Waals surface area (Å²) in [6.07, 6.45) is 5.37. The molecule has 0 fully saturated rings. The number of aliphatic hydroxyl groups excluding tert-OH is 1. The highest BCUT2D eigenvalue weighted by Gasteiger charge is 2.03. The fourth-order valence-electron chi connectivity index (χ4n) is 1.35. The smallest absolute Gasteiger partial charge is 0.0853 e. The van der Waals surface area contributed by atoms with Crippen LogP contribution in [0.2, 0.25) is 0 Å². The van der Waals surface area contributed by atoms with Crippen molar-refractivity contribution in [1.29, 1.82) is 0 Å². The van der Waals surface area contributed by atoms with Gasteiger partial charge in [-0.15, -0.1) is 13.2 Å². The standard InChI is InChI=1S/C12H16N2O/c1-3-7-14(8-4-2)12-5-6-13-11(9-12)10-15/h3-6,9,15H,1-2,7-8,10H2. The van der Waals surface area contributed by atoms with E-state index in [0.29, 0.717) is 5.69 Å². The second-order valence-corrected chi connectivity index (χ2v) is 3.15. The van der Waals surface area contributed by atoms with Gasteiger partial charge in [0.15, 0.2) is 0 Å². The van der Waals surface area contributed by atoms with E-state index in [1.54, 1.807) is 6.20 Å². The molecule has 0 aromatic carbocycles. The number of nitrogens with zero attached hydrogens (tertiary/aromatic N) is 2. The number of aliphatic hydroxyl groups is 1. The van der Waals surface area contributed by atoms with Crippen LogP contribution in [0.5, 0.6) is 0 Å². The van der Waals surface area contributed by atoms with Crippen molar-refractivity contribution in [1.82, 2.24) is 4.98 Å². The monoisotopic (exact) mass is 204 g/mol. The predicted molar refractivity (Wildman–Crippen MR) is 62.8 cm³/mol. The molecule has 0 unspecified atom stereocenters. The fraction of sp³-hybridized carbons (Fsp3) is 0.250. The molecule has 1 aromatic heterocycles. The van der Waals surface area contributed by atoms with Crippen LogP contribution in [0.25, 0.3) is 0 Å². The molecule has 1 N–H and O–H groups in total. The summed E-state index contributed by atoms with van der Waals surface area (Å²) in [5.74, 6) is 0. The van der Waals surface area contributed by atoms with Crippen molar-refractivity contribution in [2.24, 2.45) is 0 Å². The van der Waals surface area contributed by atoms with E-state index < -0.39 is 0 Å². The van der Waals surface area contributed by atoms with Crippen LogP contribution in [0.3, 0.4) is 0 Å². The number of hydrogen-bond donors (Lipinski definition) is 1. The Morgan fingerprint density at radius 3 is 2.53 bits per heavy atom. The molecule has 0 amide bonds. The Labute approximate surface area is 90.4 Å². The summed E-state index contributed by atoms with van der Waals surface area (Å²) >= 11 is 0. The third kappa shape index (κ3) is 3.22. The van der Waals surface area contributed by atoms with Crippen LogP contribution < -0.4 is 4.90 Å². The van der Waals surface area contributed by atoms with Gasteiger partial charge in [0.05, 0.1) is 12.3 Å². The SMILES string of the molecule is C=CCN(CC=C)c1ccnc(CO)c1. The molecule has 0 bridgehead atoms. The predicted octanol–water partition coefficient (Wildman–Crippen LogP) is 1.75. The van der Waals surface area contributed by atoms with Gasteiger partial charge >= 0.3 is 0 Å². The zero-order chi connectivity index (χ0) is 11.1. The summed E-state index contributed by atoms with van der Waals surface area (Å²) in [6.45, 7) is 8.88. The molecule has 1 aromatic rings. The van der Waals surface area contributed by atoms with E-state index in [0.717, 1.165) is 18.8 Å². The molecule has 0 aliphatic rings. The molecule has 0 aliphatic heterocycles. The molecule has 3 nitrogen and oxygen atoms in total. The largest absolute Gasteiger partial charge is 0.390 e. The van der Waals surface area contributed by atoms with Gasteiger partial charge in [-0.1, -0.05) is 12.2 Å². The molecular weight excluding hydrogens is 188 g/mol. The van der Waals surface area contributed by atoms with Crippen molar-refractivity contribution in [3.63, 3.8) is 0 Å². The molecule has 1 rings (SSSR count). The summed E-state index contributed by atoms with van der Waals surface area (Å²) < 4.78 is 0. The van der Waals surface area contributed by atoms with E-state index in [9.17, 15) is 0 Å². The van der Waals surface area contributed by atoms with Gasteiger partial charge in [-0.3, -0.25) is 4.98 Å². The molecule has 0 atom stereocenters. The minimum Gasteiger partial charge on any atom is -0.390 e. The van der Waals surface area contributed by atoms with E-state index >= 15 is 0 Å². The first kappa shape index (κ1) is 11.5. The average Bonchev–Trinajstić information content (AvgIpc) is 2.29. The molecule has 3 heteroatoms. The number of rotatable bonds is 6. The second kappa shape index (κ2) is 5.98. The molecular formula is C12H16N2O. The third-order valence-electron chi connectivity index (χ3n) is 2.03. The first-order valence-corrected chi connectivity index (χ1v) is 4.84. The Morgan fingerprint density at radius 1 is 1.33 bits per heavy atom. The highest BCUT2D eigenvalue weighted by molar-refractivity contribution is 5.47. The number of hydrogen-bond acceptors (Lipinski definition) is 3. The summed E-state index contributed by atoms with van der Waals surface area (Å²) in [6, 6.07) is 3.78. The lowest BCUT2D eigenvalue weighted by molar-refractivity contribution is 0.277. The first-order valence-electron chi connectivity index (χ1n) is 4.84. The molecule has 0 saturated heterocycles. The van der Waals surface area contributed by atoms with E-state index in [2.05, 4.69) is 23.0 Å². The highest BCUT2D eigenvalue weighted by atomic mass is 16.3. The van der Waals surface area contributed by atoms with Crippen molar-refractivity contribution >= 4 is 5.69 Å². The van der Waals surface area contributed by atoms with Gasteiger partial charge in [0.2, 0.25) is 0 Å². The summed E-state index contributed by atoms with van der Waals surface area (Å²) in [7, 11) is 0. The van der Waals surface area contributed by atoms with Crippen LogP contribution in [-0.2, 0) is 6.61 Å². The van der Waals surface area contributed by atoms with Gasteiger partial charge in [-0.05, 0) is 12.1 Å². The van der Waals surface area contributed by atoms with Gasteiger partial charge in [0, 0.05) is 25.0 Å². The quantitative estimate of drug-likeness (QED) is 0.717. The van der Waals surface area contributed by atoms with Crippen LogP contribution in [0.4, 0.5) is 5.69 Å². The van der Waals surface area contributed by atoms with Crippen LogP contribution in [0.1, 0.15) is 5.69 Å². The molecule has 0 aliphatic carbocycles. The van der Waals surface area contributed by atoms with Crippen molar-refractivity contribution < 1.29 is 5.11 Å². The summed E-state index contributed by atoms with van der Waals surface area (Å²) in [5.41, 5.74) is 1.69. The zero-order valence-corrected chi connectivity index (χ0v) is 8.76. The minimum absolute atomic E-state index is 0.0378. The average molecular weight is 204 g/mol. The van der Waals surface area contributed by atoms with Crippen molar-refractivity contribution in [2.45, 2.75) is 6.61 Å². The van der Waals surface area contributed by atoms with Crippen LogP contribution in [0, 0.1) is 0 Å². The maximum Gasteiger partial charge on any atom is 0.0853 e. The van der Waals surface area contributed by atoms with Gasteiger partial charge in [-0.25, -0.2) is 0 Å². The van der Waals surface area contributed by atoms with Gasteiger partial charge in [-0.2, -0.15) is 0 Å². The molecule has 0 saturated carbocycles. The Hall–Kier alpha value is -1.61. The van der Waals surface area contributed by atoms with Crippen LogP contribution in [0.15, 0.2) is 43.6 Å². The normalized spacial score (nSPS) is 9.67. The van der Waals surface area contributed by atoms with E-state index in [-0.39, 0.29) is 6.61 Å². The van der Waals surface area contributed by atoms with Gasteiger partial charge in [0.25, 0.3) is 0 Å². The van der Waals surface area contributed by atoms with Crippen LogP contribution >= 0.6 is 0 Å². The zero-order valence-electron chi connectivity index (χ0n) is 8.76. The second-order valence-electron chi connectivity index (χ2n) is 3.15. The highest BCUT2D eigenvalue weighted by Crippen LogP contribution is 2.14. The van der Waals surface area contributed by atoms with Crippen molar-refractivity contribution in [2.75, 3.05) is 18.0 Å². The summed E-state index contributed by atoms with van der Waals surface area (Å²) in [4.78, 5) is 6.13. The number of anilines is 1. The first-order chi connectivity index (χ1) is 7.31. The maximum atomic E-state index is 8.98. The Bertz CT molecular complexity index is 326. The minimum atomic E-state index is -0.0378. The fourth-order valence-corrected chi connectivity index (χ4v) is 1.35. The molecule has 15 heavy (non-hydrogen) atoms. The molecule has 1 heterocycles. The van der Waals surface area contributed by atoms with Gasteiger partial charge in [0.1, 0.15) is 0 Å². The van der Waals surface area contributed by atoms with E-state index in [1.807, 2.05) is 24.3 Å². The Balaban J connectivity index is 2.88. The topological polar surface area (TPSA) is 36.4 Å². The van der Waals surface area contributed by atoms with Crippen molar-refractivity contribution in [3.05, 3.63) is 49.3 Å². The lowest BCUT2D eigenvalue weighted by Gasteiger charge is -2.21. The number of pyridine rings is 1. The molecule has 0 spiro atoms. The van der Waals surface area contributed by atoms with E-state index in [4.69, 9.17) is 5.11 Å². The van der Waals surface area contributed by atoms with Crippen LogP contribution in [-0.4, -0.2) is 23.2 Å². The number of aromatic nitrogens is 1. The maximum absolute atomic E-state index is 8.98. The van der Waals surface area contributed by atoms with E-state index in [1.165, 1.54) is 0 Å². The molecule has 80 valence electrons. The lowest BCUT2D eigenvalue weighted by atomic mass is 10.3. The molecule has 0 radical (unpaired) electrons. The third-order valence-corrected chi connectivity index (χ3v) is 2.03. The van der Waals surface area contributed by atoms with Crippen molar-refractivity contribution in [3.8, 4) is 0 Å². The lowest BCUT2D eigenvalue weighted by Crippen LogP contribution is -2.23. The van der Waals surface area contributed by atoms with Gasteiger partial charge < -0.3 is 10.0 Å².